The number of nitrogens with zero attached hydrogens (tertiary/aromatic N) is 2. The predicted octanol–water partition coefficient (Wildman–Crippen LogP) is 1.60. The van der Waals surface area contributed by atoms with E-state index in [1.54, 1.807) is 0 Å². The van der Waals surface area contributed by atoms with Crippen LogP contribution in [0.15, 0.2) is 0 Å². The van der Waals surface area contributed by atoms with Crippen LogP contribution in [0, 0.1) is 0 Å². The number of fused-ring (bicyclic) bond motifs is 1. The second-order valence-electron chi connectivity index (χ2n) is 5.46. The van der Waals surface area contributed by atoms with E-state index in [0.29, 0.717) is 12.1 Å². The van der Waals surface area contributed by atoms with Crippen LogP contribution in [0.4, 0.5) is 0 Å². The van der Waals surface area contributed by atoms with Crippen molar-refractivity contribution in [2.75, 3.05) is 13.1 Å². The fourth-order valence-corrected chi connectivity index (χ4v) is 3.10. The summed E-state index contributed by atoms with van der Waals surface area (Å²) in [5, 5.41) is 3.39. The third kappa shape index (κ3) is 2.00. The minimum atomic E-state index is 0.514. The van der Waals surface area contributed by atoms with Crippen molar-refractivity contribution in [2.24, 2.45) is 0 Å². The lowest BCUT2D eigenvalue weighted by atomic mass is 10.2. The van der Waals surface area contributed by atoms with E-state index in [2.05, 4.69) is 29.0 Å². The minimum absolute atomic E-state index is 0.514. The standard InChI is InChI=1S/C13H22N4/c1-9(2)17-7-3-4-12(17)13-15-10-5-6-14-8-11(10)16-13/h9,12,14H,3-8H2,1-2H3,(H,15,16). The largest absolute Gasteiger partial charge is 0.343 e. The minimum Gasteiger partial charge on any atom is -0.343 e. The highest BCUT2D eigenvalue weighted by Crippen LogP contribution is 2.32. The number of hydrogen-bond acceptors (Lipinski definition) is 3. The number of aromatic nitrogens is 2. The lowest BCUT2D eigenvalue weighted by molar-refractivity contribution is 0.199. The van der Waals surface area contributed by atoms with Gasteiger partial charge in [0.05, 0.1) is 17.4 Å². The number of H-pyrrole nitrogens is 1. The first-order valence-corrected chi connectivity index (χ1v) is 6.80. The van der Waals surface area contributed by atoms with E-state index in [-0.39, 0.29) is 0 Å². The molecule has 4 heteroatoms. The van der Waals surface area contributed by atoms with E-state index in [1.165, 1.54) is 36.6 Å². The first-order valence-electron chi connectivity index (χ1n) is 6.80. The van der Waals surface area contributed by atoms with Gasteiger partial charge < -0.3 is 10.3 Å². The second-order valence-corrected chi connectivity index (χ2v) is 5.46. The third-order valence-electron chi connectivity index (χ3n) is 4.00. The number of aromatic amines is 1. The first kappa shape index (κ1) is 11.2. The van der Waals surface area contributed by atoms with Gasteiger partial charge in [-0.3, -0.25) is 4.90 Å². The molecule has 0 amide bonds. The van der Waals surface area contributed by atoms with Crippen molar-refractivity contribution in [1.29, 1.82) is 0 Å². The van der Waals surface area contributed by atoms with Crippen LogP contribution in [0.1, 0.15) is 49.9 Å². The first-order chi connectivity index (χ1) is 8.25. The molecule has 3 rings (SSSR count). The van der Waals surface area contributed by atoms with Gasteiger partial charge >= 0.3 is 0 Å². The summed E-state index contributed by atoms with van der Waals surface area (Å²) in [7, 11) is 0. The second kappa shape index (κ2) is 4.42. The Morgan fingerprint density at radius 1 is 1.41 bits per heavy atom. The molecule has 0 saturated carbocycles. The van der Waals surface area contributed by atoms with Gasteiger partial charge in [-0.1, -0.05) is 0 Å². The maximum atomic E-state index is 4.83. The van der Waals surface area contributed by atoms with Crippen LogP contribution in [0.2, 0.25) is 0 Å². The van der Waals surface area contributed by atoms with Gasteiger partial charge in [-0.2, -0.15) is 0 Å². The highest BCUT2D eigenvalue weighted by Gasteiger charge is 2.31. The van der Waals surface area contributed by atoms with Gasteiger partial charge in [-0.05, 0) is 33.2 Å². The molecule has 2 aliphatic heterocycles. The van der Waals surface area contributed by atoms with Crippen molar-refractivity contribution in [3.05, 3.63) is 17.2 Å². The Balaban J connectivity index is 1.85. The summed E-state index contributed by atoms with van der Waals surface area (Å²) in [6.45, 7) is 7.80. The van der Waals surface area contributed by atoms with E-state index in [9.17, 15) is 0 Å². The van der Waals surface area contributed by atoms with Crippen LogP contribution in [-0.4, -0.2) is 34.0 Å². The molecule has 1 atom stereocenters. The highest BCUT2D eigenvalue weighted by atomic mass is 15.2. The average molecular weight is 234 g/mol. The van der Waals surface area contributed by atoms with Gasteiger partial charge in [-0.15, -0.1) is 0 Å². The molecule has 1 aromatic rings. The Bertz CT molecular complexity index is 373. The summed E-state index contributed by atoms with van der Waals surface area (Å²) in [5.74, 6) is 1.20. The fraction of sp³-hybridized carbons (Fsp3) is 0.769. The zero-order chi connectivity index (χ0) is 11.8. The van der Waals surface area contributed by atoms with Crippen LogP contribution in [0.3, 0.4) is 0 Å². The van der Waals surface area contributed by atoms with Crippen molar-refractivity contribution >= 4 is 0 Å². The lowest BCUT2D eigenvalue weighted by Gasteiger charge is -2.26. The number of rotatable bonds is 2. The van der Waals surface area contributed by atoms with Crippen molar-refractivity contribution in [3.8, 4) is 0 Å². The van der Waals surface area contributed by atoms with Crippen LogP contribution < -0.4 is 5.32 Å². The average Bonchev–Trinajstić information content (AvgIpc) is 2.95. The summed E-state index contributed by atoms with van der Waals surface area (Å²) in [4.78, 5) is 10.9. The van der Waals surface area contributed by atoms with Gasteiger partial charge in [0.15, 0.2) is 0 Å². The number of likely N-dealkylation sites (tertiary alicyclic amines) is 1. The van der Waals surface area contributed by atoms with E-state index in [1.807, 2.05) is 0 Å². The molecular formula is C13H22N4. The normalized spacial score (nSPS) is 25.5. The smallest absolute Gasteiger partial charge is 0.124 e. The molecule has 17 heavy (non-hydrogen) atoms. The Hall–Kier alpha value is -0.870. The molecule has 0 spiro atoms. The molecule has 1 saturated heterocycles. The summed E-state index contributed by atoms with van der Waals surface area (Å²) >= 11 is 0. The quantitative estimate of drug-likeness (QED) is 0.817. The number of nitrogens with one attached hydrogen (secondary N) is 2. The van der Waals surface area contributed by atoms with Crippen molar-refractivity contribution in [2.45, 2.75) is 51.7 Å². The Morgan fingerprint density at radius 3 is 3.06 bits per heavy atom. The third-order valence-corrected chi connectivity index (χ3v) is 4.00. The van der Waals surface area contributed by atoms with Gasteiger partial charge in [-0.25, -0.2) is 4.98 Å². The highest BCUT2D eigenvalue weighted by molar-refractivity contribution is 5.19. The van der Waals surface area contributed by atoms with Gasteiger partial charge in [0.25, 0.3) is 0 Å². The van der Waals surface area contributed by atoms with Gasteiger partial charge in [0.2, 0.25) is 0 Å². The van der Waals surface area contributed by atoms with Crippen LogP contribution in [-0.2, 0) is 13.0 Å². The Kier molecular flexibility index (Phi) is 2.92. The van der Waals surface area contributed by atoms with Gasteiger partial charge in [0.1, 0.15) is 5.82 Å². The zero-order valence-corrected chi connectivity index (χ0v) is 10.8. The van der Waals surface area contributed by atoms with Crippen LogP contribution in [0.5, 0.6) is 0 Å². The molecule has 0 aromatic carbocycles. The van der Waals surface area contributed by atoms with Crippen molar-refractivity contribution < 1.29 is 0 Å². The topological polar surface area (TPSA) is 44.0 Å². The molecule has 2 aliphatic rings. The SMILES string of the molecule is CC(C)N1CCCC1c1nc2c([nH]1)CNCC2. The molecule has 1 unspecified atom stereocenters. The molecule has 1 fully saturated rings. The molecule has 0 aliphatic carbocycles. The summed E-state index contributed by atoms with van der Waals surface area (Å²) < 4.78 is 0. The number of hydrogen-bond donors (Lipinski definition) is 2. The molecule has 0 radical (unpaired) electrons. The summed E-state index contributed by atoms with van der Waals surface area (Å²) in [6.07, 6.45) is 3.62. The summed E-state index contributed by atoms with van der Waals surface area (Å²) in [6, 6.07) is 1.13. The molecule has 3 heterocycles. The van der Waals surface area contributed by atoms with Crippen LogP contribution >= 0.6 is 0 Å². The molecule has 2 N–H and O–H groups in total. The van der Waals surface area contributed by atoms with E-state index >= 15 is 0 Å². The van der Waals surface area contributed by atoms with Gasteiger partial charge in [0, 0.05) is 25.6 Å². The predicted molar refractivity (Wildman–Crippen MR) is 67.8 cm³/mol. The van der Waals surface area contributed by atoms with E-state index in [4.69, 9.17) is 4.98 Å². The Labute approximate surface area is 103 Å². The molecular weight excluding hydrogens is 212 g/mol. The van der Waals surface area contributed by atoms with Crippen molar-refractivity contribution in [3.63, 3.8) is 0 Å². The molecule has 1 aromatic heterocycles. The summed E-state index contributed by atoms with van der Waals surface area (Å²) in [5.41, 5.74) is 2.59. The maximum Gasteiger partial charge on any atom is 0.124 e. The molecule has 94 valence electrons. The lowest BCUT2D eigenvalue weighted by Crippen LogP contribution is -2.30. The van der Waals surface area contributed by atoms with E-state index < -0.39 is 0 Å². The van der Waals surface area contributed by atoms with E-state index in [0.717, 1.165) is 19.5 Å². The number of imidazole rings is 1. The fourth-order valence-electron chi connectivity index (χ4n) is 3.10. The monoisotopic (exact) mass is 234 g/mol. The van der Waals surface area contributed by atoms with Crippen LogP contribution in [0.25, 0.3) is 0 Å². The Morgan fingerprint density at radius 2 is 2.29 bits per heavy atom. The van der Waals surface area contributed by atoms with Crippen molar-refractivity contribution in [1.82, 2.24) is 20.2 Å². The molecule has 0 bridgehead atoms. The maximum absolute atomic E-state index is 4.83. The molecule has 4 nitrogen and oxygen atoms in total. The zero-order valence-electron chi connectivity index (χ0n) is 10.8.